The number of nitrogens with zero attached hydrogens (tertiary/aromatic N) is 2. The second-order valence-corrected chi connectivity index (χ2v) is 12.0. The third-order valence-corrected chi connectivity index (χ3v) is 8.35. The topological polar surface area (TPSA) is 8.81 Å². The maximum Gasteiger partial charge on any atom is 0.256 e. The SMILES string of the molecule is CCCCCCCCCCCCCCCc1n(CCCCCC)cc[n+]1CCCCCCCCCCC. The van der Waals surface area contributed by atoms with Crippen molar-refractivity contribution in [1.29, 1.82) is 0 Å². The number of aryl methyl sites for hydroxylation is 2. The molecule has 37 heavy (non-hydrogen) atoms. The molecule has 0 fully saturated rings. The van der Waals surface area contributed by atoms with E-state index in [0.29, 0.717) is 0 Å². The minimum absolute atomic E-state index is 1.22. The second kappa shape index (κ2) is 26.8. The monoisotopic (exact) mass is 518 g/mol. The average molecular weight is 518 g/mol. The predicted molar refractivity (Wildman–Crippen MR) is 165 cm³/mol. The van der Waals surface area contributed by atoms with Gasteiger partial charge in [0.2, 0.25) is 0 Å². The van der Waals surface area contributed by atoms with Gasteiger partial charge in [0.05, 0.1) is 13.1 Å². The number of imidazole rings is 1. The molecule has 0 spiro atoms. The Morgan fingerprint density at radius 3 is 1.30 bits per heavy atom. The first kappa shape index (κ1) is 34.2. The van der Waals surface area contributed by atoms with Gasteiger partial charge in [-0.25, -0.2) is 9.13 Å². The van der Waals surface area contributed by atoms with Gasteiger partial charge in [-0.3, -0.25) is 0 Å². The molecule has 1 rings (SSSR count). The van der Waals surface area contributed by atoms with Crippen LogP contribution in [0.4, 0.5) is 0 Å². The van der Waals surface area contributed by atoms with Gasteiger partial charge in [-0.2, -0.15) is 0 Å². The number of aromatic nitrogens is 2. The van der Waals surface area contributed by atoms with Crippen molar-refractivity contribution in [3.8, 4) is 0 Å². The van der Waals surface area contributed by atoms with Crippen molar-refractivity contribution in [3.63, 3.8) is 0 Å². The molecule has 0 amide bonds. The molecular formula is C35H69N2+. The van der Waals surface area contributed by atoms with Crippen LogP contribution in [0, 0.1) is 0 Å². The molecule has 0 aliphatic heterocycles. The Morgan fingerprint density at radius 1 is 0.459 bits per heavy atom. The van der Waals surface area contributed by atoms with Gasteiger partial charge in [0.25, 0.3) is 5.82 Å². The highest BCUT2D eigenvalue weighted by atomic mass is 15.1. The molecule has 1 aromatic heterocycles. The summed E-state index contributed by atoms with van der Waals surface area (Å²) in [6.07, 6.45) is 43.0. The normalized spacial score (nSPS) is 11.5. The molecule has 0 N–H and O–H groups in total. The number of hydrogen-bond donors (Lipinski definition) is 0. The first-order valence-corrected chi connectivity index (χ1v) is 17.4. The van der Waals surface area contributed by atoms with Gasteiger partial charge in [-0.15, -0.1) is 0 Å². The van der Waals surface area contributed by atoms with Crippen LogP contribution in [0.2, 0.25) is 0 Å². The third kappa shape index (κ3) is 19.9. The zero-order valence-electron chi connectivity index (χ0n) is 26.1. The van der Waals surface area contributed by atoms with Gasteiger partial charge < -0.3 is 0 Å². The minimum atomic E-state index is 1.22. The van der Waals surface area contributed by atoms with Crippen LogP contribution in [0.3, 0.4) is 0 Å². The molecule has 218 valence electrons. The summed E-state index contributed by atoms with van der Waals surface area (Å²) >= 11 is 0. The predicted octanol–water partition coefficient (Wildman–Crippen LogP) is 11.5. The third-order valence-electron chi connectivity index (χ3n) is 8.35. The molecule has 0 radical (unpaired) electrons. The Balaban J connectivity index is 2.24. The fraction of sp³-hybridized carbons (Fsp3) is 0.914. The highest BCUT2D eigenvalue weighted by Crippen LogP contribution is 2.14. The molecule has 0 bridgehead atoms. The summed E-state index contributed by atoms with van der Waals surface area (Å²) in [5, 5.41) is 0. The fourth-order valence-corrected chi connectivity index (χ4v) is 5.80. The highest BCUT2D eigenvalue weighted by molar-refractivity contribution is 4.84. The largest absolute Gasteiger partial charge is 0.256 e. The quantitative estimate of drug-likeness (QED) is 0.0737. The highest BCUT2D eigenvalue weighted by Gasteiger charge is 2.16. The van der Waals surface area contributed by atoms with Crippen LogP contribution in [0.5, 0.6) is 0 Å². The maximum atomic E-state index is 2.61. The van der Waals surface area contributed by atoms with Gasteiger partial charge in [-0.1, -0.05) is 156 Å². The zero-order valence-corrected chi connectivity index (χ0v) is 26.1. The lowest BCUT2D eigenvalue weighted by Gasteiger charge is -2.07. The summed E-state index contributed by atoms with van der Waals surface area (Å²) in [7, 11) is 0. The van der Waals surface area contributed by atoms with Crippen molar-refractivity contribution in [2.24, 2.45) is 0 Å². The summed E-state index contributed by atoms with van der Waals surface area (Å²) in [5.74, 6) is 1.61. The van der Waals surface area contributed by atoms with Crippen molar-refractivity contribution >= 4 is 0 Å². The van der Waals surface area contributed by atoms with Crippen LogP contribution in [0.25, 0.3) is 0 Å². The van der Waals surface area contributed by atoms with Crippen LogP contribution in [0.15, 0.2) is 12.4 Å². The first-order valence-electron chi connectivity index (χ1n) is 17.4. The van der Waals surface area contributed by atoms with E-state index in [1.165, 1.54) is 186 Å². The Hall–Kier alpha value is -0.790. The molecule has 1 heterocycles. The lowest BCUT2D eigenvalue weighted by Crippen LogP contribution is -2.37. The van der Waals surface area contributed by atoms with Gasteiger partial charge in [-0.05, 0) is 32.1 Å². The van der Waals surface area contributed by atoms with Crippen molar-refractivity contribution in [2.75, 3.05) is 0 Å². The van der Waals surface area contributed by atoms with E-state index in [0.717, 1.165) is 0 Å². The molecular weight excluding hydrogens is 448 g/mol. The van der Waals surface area contributed by atoms with Gasteiger partial charge in [0.1, 0.15) is 12.4 Å². The molecule has 0 aromatic carbocycles. The van der Waals surface area contributed by atoms with E-state index in [1.54, 1.807) is 5.82 Å². The van der Waals surface area contributed by atoms with Gasteiger partial charge in [0, 0.05) is 6.42 Å². The van der Waals surface area contributed by atoms with E-state index in [4.69, 9.17) is 0 Å². The number of rotatable bonds is 29. The van der Waals surface area contributed by atoms with Crippen LogP contribution in [0.1, 0.15) is 194 Å². The molecule has 0 saturated carbocycles. The minimum Gasteiger partial charge on any atom is -0.234 e. The Morgan fingerprint density at radius 2 is 0.838 bits per heavy atom. The molecule has 0 aliphatic rings. The van der Waals surface area contributed by atoms with Crippen molar-refractivity contribution in [3.05, 3.63) is 18.2 Å². The standard InChI is InChI=1S/C35H69N2/c1-4-7-10-13-15-17-18-19-20-21-23-25-27-30-35-36(31-28-12-9-6-3)33-34-37(35)32-29-26-24-22-16-14-11-8-5-2/h33-34H,4-32H2,1-3H3/q+1. The summed E-state index contributed by atoms with van der Waals surface area (Å²) in [6.45, 7) is 9.38. The second-order valence-electron chi connectivity index (χ2n) is 12.0. The summed E-state index contributed by atoms with van der Waals surface area (Å²) in [4.78, 5) is 0. The molecule has 0 aliphatic carbocycles. The fourth-order valence-electron chi connectivity index (χ4n) is 5.80. The molecule has 2 heteroatoms. The molecule has 0 atom stereocenters. The zero-order chi connectivity index (χ0) is 26.7. The van der Waals surface area contributed by atoms with E-state index < -0.39 is 0 Å². The molecule has 0 unspecified atom stereocenters. The summed E-state index contributed by atoms with van der Waals surface area (Å²) in [5.41, 5.74) is 0. The summed E-state index contributed by atoms with van der Waals surface area (Å²) < 4.78 is 5.21. The van der Waals surface area contributed by atoms with E-state index in [-0.39, 0.29) is 0 Å². The van der Waals surface area contributed by atoms with E-state index >= 15 is 0 Å². The number of unbranched alkanes of at least 4 members (excludes halogenated alkanes) is 23. The number of hydrogen-bond acceptors (Lipinski definition) is 0. The average Bonchev–Trinajstić information content (AvgIpc) is 3.29. The first-order chi connectivity index (χ1) is 18.3. The van der Waals surface area contributed by atoms with Gasteiger partial charge in [0.15, 0.2) is 0 Å². The van der Waals surface area contributed by atoms with E-state index in [2.05, 4.69) is 42.3 Å². The van der Waals surface area contributed by atoms with Crippen LogP contribution < -0.4 is 4.57 Å². The van der Waals surface area contributed by atoms with Gasteiger partial charge >= 0.3 is 0 Å². The van der Waals surface area contributed by atoms with Crippen LogP contribution >= 0.6 is 0 Å². The van der Waals surface area contributed by atoms with Crippen molar-refractivity contribution < 1.29 is 4.57 Å². The van der Waals surface area contributed by atoms with E-state index in [9.17, 15) is 0 Å². The Bertz CT molecular complexity index is 576. The lowest BCUT2D eigenvalue weighted by atomic mass is 10.0. The van der Waals surface area contributed by atoms with Crippen molar-refractivity contribution in [1.82, 2.24) is 4.57 Å². The van der Waals surface area contributed by atoms with Crippen molar-refractivity contribution in [2.45, 2.75) is 207 Å². The smallest absolute Gasteiger partial charge is 0.234 e. The summed E-state index contributed by atoms with van der Waals surface area (Å²) in [6, 6.07) is 0. The molecule has 2 nitrogen and oxygen atoms in total. The Labute approximate surface area is 234 Å². The van der Waals surface area contributed by atoms with Crippen LogP contribution in [-0.2, 0) is 19.5 Å². The Kier molecular flexibility index (Phi) is 24.8. The molecule has 0 saturated heterocycles. The lowest BCUT2D eigenvalue weighted by molar-refractivity contribution is -0.704. The molecule has 1 aromatic rings. The van der Waals surface area contributed by atoms with E-state index in [1.807, 2.05) is 0 Å². The maximum absolute atomic E-state index is 2.61. The van der Waals surface area contributed by atoms with Crippen LogP contribution in [-0.4, -0.2) is 4.57 Å².